The highest BCUT2D eigenvalue weighted by Gasteiger charge is 2.50. The first-order valence-corrected chi connectivity index (χ1v) is 22.4. The third-order valence-corrected chi connectivity index (χ3v) is 16.0. The molecule has 302 valence electrons. The number of piperazine rings is 1. The lowest BCUT2D eigenvalue weighted by Gasteiger charge is -2.52. The summed E-state index contributed by atoms with van der Waals surface area (Å²) in [6.45, 7) is 13.3. The van der Waals surface area contributed by atoms with Crippen molar-refractivity contribution in [2.45, 2.75) is 88.0 Å². The van der Waals surface area contributed by atoms with Crippen LogP contribution in [0.4, 0.5) is 5.69 Å². The van der Waals surface area contributed by atoms with E-state index in [9.17, 15) is 13.2 Å². The Bertz CT molecular complexity index is 1830. The van der Waals surface area contributed by atoms with Crippen molar-refractivity contribution in [2.75, 3.05) is 78.1 Å². The van der Waals surface area contributed by atoms with Crippen LogP contribution in [-0.2, 0) is 31.3 Å². The van der Waals surface area contributed by atoms with Gasteiger partial charge in [0.1, 0.15) is 11.4 Å². The SMILES string of the molecule is CCC(COC)N1CCN(C[C@@]2(OC)/C=C/C[C@H](C)[C@@H](C)S(=O)(=O)NC(=O)c3ccc4c(c3)N(C[C@@H]3CC[C@H]32)C[C@@]2(CCCc3cc(Cl)ccc32)CO4)CC1. The lowest BCUT2D eigenvalue weighted by atomic mass is 9.63. The first-order chi connectivity index (χ1) is 26.4. The number of amides is 1. The van der Waals surface area contributed by atoms with Crippen LogP contribution in [0.25, 0.3) is 0 Å². The Kier molecular flexibility index (Phi) is 12.3. The molecule has 55 heavy (non-hydrogen) atoms. The monoisotopic (exact) mass is 796 g/mol. The number of benzene rings is 2. The van der Waals surface area contributed by atoms with Gasteiger partial charge in [-0.05, 0) is 111 Å². The van der Waals surface area contributed by atoms with Gasteiger partial charge in [-0.25, -0.2) is 13.1 Å². The first kappa shape index (κ1) is 40.5. The average molecular weight is 798 g/mol. The van der Waals surface area contributed by atoms with Gasteiger partial charge in [0.15, 0.2) is 0 Å². The standard InChI is InChI=1S/C43H61ClN4O6S/c1-6-36(26-52-4)47-21-19-46(20-22-47)28-43(53-5)18-7-9-30(2)31(3)55(50,51)45-41(49)33-12-16-40-39(24-33)48(25-34-11-14-38(34)43)27-42(29-54-40)17-8-10-32-23-35(44)13-15-37(32)42/h7,12-13,15-16,18,23-24,30-31,34,36,38H,6,8-11,14,17,19-22,25-29H2,1-5H3,(H,45,49)/b18-7+/t30-,31+,34-,36?,38+,42-,43-/m0/s1. The summed E-state index contributed by atoms with van der Waals surface area (Å²) in [4.78, 5) is 21.2. The highest BCUT2D eigenvalue weighted by atomic mass is 35.5. The molecular formula is C43H61ClN4O6S. The van der Waals surface area contributed by atoms with Crippen molar-refractivity contribution >= 4 is 33.2 Å². The molecule has 2 aromatic carbocycles. The Morgan fingerprint density at radius 1 is 1.07 bits per heavy atom. The van der Waals surface area contributed by atoms with Crippen molar-refractivity contribution in [3.8, 4) is 5.75 Å². The summed E-state index contributed by atoms with van der Waals surface area (Å²) < 4.78 is 48.7. The van der Waals surface area contributed by atoms with Gasteiger partial charge in [-0.2, -0.15) is 0 Å². The highest BCUT2D eigenvalue weighted by molar-refractivity contribution is 7.90. The van der Waals surface area contributed by atoms with Crippen LogP contribution in [0.5, 0.6) is 5.75 Å². The first-order valence-electron chi connectivity index (χ1n) is 20.5. The minimum Gasteiger partial charge on any atom is -0.490 e. The summed E-state index contributed by atoms with van der Waals surface area (Å²) in [6.07, 6.45) is 11.1. The number of carbonyl (C=O) groups is 1. The molecule has 0 radical (unpaired) electrons. The van der Waals surface area contributed by atoms with Crippen LogP contribution in [-0.4, -0.2) is 114 Å². The van der Waals surface area contributed by atoms with Crippen molar-refractivity contribution in [1.29, 1.82) is 0 Å². The topological polar surface area (TPSA) is 101 Å². The molecule has 10 nitrogen and oxygen atoms in total. The Morgan fingerprint density at radius 3 is 2.58 bits per heavy atom. The zero-order valence-corrected chi connectivity index (χ0v) is 35.0. The number of halogens is 1. The van der Waals surface area contributed by atoms with Gasteiger partial charge in [0, 0.05) is 82.1 Å². The van der Waals surface area contributed by atoms with E-state index in [2.05, 4.69) is 50.6 Å². The number of hydrogen-bond acceptors (Lipinski definition) is 9. The van der Waals surface area contributed by atoms with E-state index >= 15 is 0 Å². The summed E-state index contributed by atoms with van der Waals surface area (Å²) in [7, 11) is -0.325. The predicted octanol–water partition coefficient (Wildman–Crippen LogP) is 6.31. The normalized spacial score (nSPS) is 32.6. The van der Waals surface area contributed by atoms with Gasteiger partial charge in [0.05, 0.1) is 24.2 Å². The van der Waals surface area contributed by atoms with Gasteiger partial charge in [-0.1, -0.05) is 43.7 Å². The molecule has 7 atom stereocenters. The van der Waals surface area contributed by atoms with Crippen LogP contribution < -0.4 is 14.4 Å². The van der Waals surface area contributed by atoms with Crippen LogP contribution >= 0.6 is 11.6 Å². The Hall–Kier alpha value is -2.67. The maximum atomic E-state index is 13.7. The number of allylic oxidation sites excluding steroid dienone is 1. The number of ether oxygens (including phenoxy) is 3. The Morgan fingerprint density at radius 2 is 1.87 bits per heavy atom. The van der Waals surface area contributed by atoms with Crippen molar-refractivity contribution in [3.63, 3.8) is 0 Å². The quantitative estimate of drug-likeness (QED) is 0.324. The minimum atomic E-state index is -3.96. The Balaban J connectivity index is 1.26. The van der Waals surface area contributed by atoms with Crippen LogP contribution in [0.2, 0.25) is 5.02 Å². The van der Waals surface area contributed by atoms with E-state index in [0.29, 0.717) is 42.8 Å². The van der Waals surface area contributed by atoms with Crippen molar-refractivity contribution < 1.29 is 27.4 Å². The number of sulfonamides is 1. The number of fused-ring (bicyclic) bond motifs is 4. The molecule has 2 bridgehead atoms. The van der Waals surface area contributed by atoms with Gasteiger partial charge in [-0.3, -0.25) is 14.6 Å². The summed E-state index contributed by atoms with van der Waals surface area (Å²) in [6, 6.07) is 12.1. The number of nitrogens with one attached hydrogen (secondary N) is 1. The lowest BCUT2D eigenvalue weighted by molar-refractivity contribution is -0.0970. The maximum Gasteiger partial charge on any atom is 0.264 e. The van der Waals surface area contributed by atoms with Crippen LogP contribution in [0.1, 0.15) is 80.8 Å². The second kappa shape index (κ2) is 16.7. The molecule has 1 unspecified atom stereocenters. The smallest absolute Gasteiger partial charge is 0.264 e. The van der Waals surface area contributed by atoms with Gasteiger partial charge in [-0.15, -0.1) is 0 Å². The zero-order valence-electron chi connectivity index (χ0n) is 33.4. The van der Waals surface area contributed by atoms with Crippen molar-refractivity contribution in [1.82, 2.24) is 14.5 Å². The molecule has 2 aliphatic carbocycles. The van der Waals surface area contributed by atoms with E-state index in [1.807, 2.05) is 32.2 Å². The van der Waals surface area contributed by atoms with Gasteiger partial charge in [0.2, 0.25) is 10.0 Å². The fourth-order valence-electron chi connectivity index (χ4n) is 10.1. The average Bonchev–Trinajstić information content (AvgIpc) is 3.31. The number of methoxy groups -OCH3 is 2. The molecule has 2 fully saturated rings. The number of carbonyl (C=O) groups excluding carboxylic acids is 1. The predicted molar refractivity (Wildman–Crippen MR) is 219 cm³/mol. The summed E-state index contributed by atoms with van der Waals surface area (Å²) in [5, 5.41) is -0.0368. The van der Waals surface area contributed by atoms with Gasteiger partial charge < -0.3 is 19.1 Å². The fourth-order valence-corrected chi connectivity index (χ4v) is 11.6. The molecule has 0 aromatic heterocycles. The van der Waals surface area contributed by atoms with Gasteiger partial charge >= 0.3 is 0 Å². The maximum absolute atomic E-state index is 13.7. The minimum absolute atomic E-state index is 0.225. The Labute approximate surface area is 333 Å². The van der Waals surface area contributed by atoms with Gasteiger partial charge in [0.25, 0.3) is 5.91 Å². The molecule has 1 spiro atoms. The van der Waals surface area contributed by atoms with Crippen molar-refractivity contribution in [3.05, 3.63) is 70.3 Å². The molecule has 3 heterocycles. The largest absolute Gasteiger partial charge is 0.490 e. The summed E-state index contributed by atoms with van der Waals surface area (Å²) in [5.74, 6) is 0.451. The number of anilines is 1. The summed E-state index contributed by atoms with van der Waals surface area (Å²) >= 11 is 6.52. The fraction of sp³-hybridized carbons (Fsp3) is 0.651. The molecule has 12 heteroatoms. The third kappa shape index (κ3) is 8.21. The molecule has 2 aromatic rings. The van der Waals surface area contributed by atoms with E-state index < -0.39 is 26.8 Å². The molecule has 1 saturated carbocycles. The van der Waals surface area contributed by atoms with Crippen LogP contribution in [0.15, 0.2) is 48.6 Å². The van der Waals surface area contributed by atoms with Crippen LogP contribution in [0.3, 0.4) is 0 Å². The van der Waals surface area contributed by atoms with E-state index in [4.69, 9.17) is 25.8 Å². The molecule has 1 amide bonds. The molecule has 5 aliphatic rings. The third-order valence-electron chi connectivity index (χ3n) is 13.8. The molecule has 1 N–H and O–H groups in total. The van der Waals surface area contributed by atoms with E-state index in [1.165, 1.54) is 11.1 Å². The van der Waals surface area contributed by atoms with E-state index in [1.54, 1.807) is 20.1 Å². The molecule has 1 saturated heterocycles. The zero-order chi connectivity index (χ0) is 39.0. The second-order valence-electron chi connectivity index (χ2n) is 17.0. The summed E-state index contributed by atoms with van der Waals surface area (Å²) in [5.41, 5.74) is 2.87. The van der Waals surface area contributed by atoms with E-state index in [0.717, 1.165) is 95.1 Å². The van der Waals surface area contributed by atoms with E-state index in [-0.39, 0.29) is 17.3 Å². The van der Waals surface area contributed by atoms with Crippen LogP contribution in [0, 0.1) is 17.8 Å². The lowest BCUT2D eigenvalue weighted by Crippen LogP contribution is -2.59. The number of hydrogen-bond donors (Lipinski definition) is 1. The number of aryl methyl sites for hydroxylation is 1. The molecular weight excluding hydrogens is 736 g/mol. The molecule has 7 rings (SSSR count). The number of nitrogens with zero attached hydrogens (tertiary/aromatic N) is 3. The van der Waals surface area contributed by atoms with Crippen molar-refractivity contribution in [2.24, 2.45) is 17.8 Å². The second-order valence-corrected chi connectivity index (χ2v) is 19.5. The molecule has 3 aliphatic heterocycles. The highest BCUT2D eigenvalue weighted by Crippen LogP contribution is 2.49. The number of rotatable bonds is 7.